The van der Waals surface area contributed by atoms with Crippen molar-refractivity contribution in [1.29, 1.82) is 0 Å². The van der Waals surface area contributed by atoms with Gasteiger partial charge < -0.3 is 0 Å². The molecule has 242 valence electrons. The first-order valence-electron chi connectivity index (χ1n) is 15.2. The third kappa shape index (κ3) is 3.83. The number of ketones is 4. The Labute approximate surface area is 287 Å². The van der Waals surface area contributed by atoms with Gasteiger partial charge in [0.1, 0.15) is 0 Å². The number of carbonyl (C=O) groups is 4. The van der Waals surface area contributed by atoms with Gasteiger partial charge in [0.15, 0.2) is 46.4 Å². The van der Waals surface area contributed by atoms with Gasteiger partial charge in [0.05, 0.1) is 15.8 Å². The Morgan fingerprint density at radius 3 is 1.43 bits per heavy atom. The molecule has 0 radical (unpaired) electrons. The van der Waals surface area contributed by atoms with E-state index in [0.717, 1.165) is 60.1 Å². The molecule has 2 aromatic carbocycles. The molecule has 49 heavy (non-hydrogen) atoms. The Morgan fingerprint density at radius 2 is 0.959 bits per heavy atom. The maximum Gasteiger partial charge on any atom is 0.197 e. The van der Waals surface area contributed by atoms with E-state index in [1.165, 1.54) is 40.4 Å². The molecule has 0 spiro atoms. The molecule has 0 amide bonds. The predicted molar refractivity (Wildman–Crippen MR) is 183 cm³/mol. The van der Waals surface area contributed by atoms with Crippen LogP contribution in [0.25, 0.3) is 32.7 Å². The van der Waals surface area contributed by atoms with Crippen molar-refractivity contribution in [2.45, 2.75) is 38.5 Å². The molecule has 0 unspecified atom stereocenters. The first kappa shape index (κ1) is 30.5. The normalized spacial score (nSPS) is 18.1. The molecular weight excluding hydrogens is 693 g/mol. The summed E-state index contributed by atoms with van der Waals surface area (Å²) in [7, 11) is 0. The first-order valence-corrected chi connectivity index (χ1v) is 17.6. The van der Waals surface area contributed by atoms with E-state index in [2.05, 4.69) is 27.7 Å². The van der Waals surface area contributed by atoms with Crippen LogP contribution >= 0.6 is 34.0 Å². The lowest BCUT2D eigenvalue weighted by atomic mass is 9.80. The highest BCUT2D eigenvalue weighted by molar-refractivity contribution is 7.29. The van der Waals surface area contributed by atoms with Gasteiger partial charge in [-0.3, -0.25) is 19.2 Å². The summed E-state index contributed by atoms with van der Waals surface area (Å²) in [6.07, 6.45) is 3.02. The van der Waals surface area contributed by atoms with E-state index < -0.39 is 57.2 Å². The Kier molecular flexibility index (Phi) is 5.94. The van der Waals surface area contributed by atoms with Crippen LogP contribution in [-0.2, 0) is 10.8 Å². The topological polar surface area (TPSA) is 68.3 Å². The van der Waals surface area contributed by atoms with Gasteiger partial charge in [-0.25, -0.2) is 17.6 Å². The van der Waals surface area contributed by atoms with Gasteiger partial charge in [0, 0.05) is 57.3 Å². The van der Waals surface area contributed by atoms with Crippen LogP contribution in [0.5, 0.6) is 0 Å². The lowest BCUT2D eigenvalue weighted by Crippen LogP contribution is -2.16. The summed E-state index contributed by atoms with van der Waals surface area (Å²) in [6, 6.07) is 7.01. The van der Waals surface area contributed by atoms with E-state index >= 15 is 0 Å². The second kappa shape index (κ2) is 9.56. The largest absolute Gasteiger partial charge is 0.288 e. The summed E-state index contributed by atoms with van der Waals surface area (Å²) >= 11 is 4.55. The third-order valence-corrected chi connectivity index (χ3v) is 13.5. The number of hydrogen-bond donors (Lipinski definition) is 0. The molecule has 0 saturated carbocycles. The predicted octanol–water partition coefficient (Wildman–Crippen LogP) is 10.00. The van der Waals surface area contributed by atoms with Gasteiger partial charge in [-0.15, -0.1) is 34.0 Å². The zero-order valence-electron chi connectivity index (χ0n) is 26.0. The van der Waals surface area contributed by atoms with Crippen molar-refractivity contribution in [1.82, 2.24) is 0 Å². The summed E-state index contributed by atoms with van der Waals surface area (Å²) < 4.78 is 57.5. The number of carbonyl (C=O) groups excluding carboxylic acids is 4. The summed E-state index contributed by atoms with van der Waals surface area (Å²) in [6.45, 7) is 8.57. The molecule has 3 aromatic heterocycles. The maximum atomic E-state index is 13.9. The molecule has 0 aliphatic heterocycles. The minimum absolute atomic E-state index is 0.128. The van der Waals surface area contributed by atoms with Crippen molar-refractivity contribution in [2.24, 2.45) is 0 Å². The van der Waals surface area contributed by atoms with Crippen LogP contribution in [0.4, 0.5) is 17.6 Å². The highest BCUT2D eigenvalue weighted by atomic mass is 32.1. The van der Waals surface area contributed by atoms with Gasteiger partial charge in [0.25, 0.3) is 0 Å². The molecule has 4 aliphatic carbocycles. The number of allylic oxidation sites excluding steroid dienone is 4. The molecule has 0 atom stereocenters. The standard InChI is InChI=1S/C38H20F4O4S3/c1-37(2)21-7-13(5-19-30(43)15-9-22(39)23(40)10-16(15)31(19)44)47-34(21)27-28(37)36-29(38(27,3)4)35-26(49-36)8-14(48-35)6-20-32(45)17-11-24(41)25(42)12-18(17)33(20)46/h5-12H,1-4H3. The highest BCUT2D eigenvalue weighted by Gasteiger charge is 2.53. The molecule has 0 saturated heterocycles. The fourth-order valence-corrected chi connectivity index (χ4v) is 12.3. The van der Waals surface area contributed by atoms with Crippen LogP contribution in [0.15, 0.2) is 47.5 Å². The van der Waals surface area contributed by atoms with E-state index in [1.807, 2.05) is 12.1 Å². The quantitative estimate of drug-likeness (QED) is 0.104. The number of benzene rings is 2. The molecular formula is C38H20F4O4S3. The number of Topliss-reactive ketones (excluding diaryl/α,β-unsaturated/α-hetero) is 4. The lowest BCUT2D eigenvalue weighted by Gasteiger charge is -2.24. The zero-order valence-corrected chi connectivity index (χ0v) is 28.4. The first-order chi connectivity index (χ1) is 23.1. The summed E-state index contributed by atoms with van der Waals surface area (Å²) in [5.41, 5.74) is 2.84. The van der Waals surface area contributed by atoms with Crippen molar-refractivity contribution in [3.63, 3.8) is 0 Å². The third-order valence-electron chi connectivity index (χ3n) is 10.0. The van der Waals surface area contributed by atoms with Crippen LogP contribution in [-0.4, -0.2) is 23.1 Å². The van der Waals surface area contributed by atoms with Crippen LogP contribution < -0.4 is 0 Å². The van der Waals surface area contributed by atoms with E-state index in [1.54, 1.807) is 11.3 Å². The smallest absolute Gasteiger partial charge is 0.197 e. The highest BCUT2D eigenvalue weighted by Crippen LogP contribution is 2.67. The number of hydrogen-bond acceptors (Lipinski definition) is 7. The van der Waals surface area contributed by atoms with Crippen LogP contribution in [0.1, 0.15) is 99.8 Å². The molecule has 4 nitrogen and oxygen atoms in total. The second-order valence-corrected chi connectivity index (χ2v) is 16.8. The zero-order chi connectivity index (χ0) is 34.6. The molecule has 4 aliphatic rings. The van der Waals surface area contributed by atoms with Gasteiger partial charge in [-0.1, -0.05) is 27.7 Å². The number of rotatable bonds is 2. The second-order valence-electron chi connectivity index (χ2n) is 13.6. The lowest BCUT2D eigenvalue weighted by molar-refractivity contribution is 0.0975. The maximum absolute atomic E-state index is 13.9. The molecule has 0 N–H and O–H groups in total. The van der Waals surface area contributed by atoms with Crippen molar-refractivity contribution < 1.29 is 36.7 Å². The molecule has 0 fully saturated rings. The number of thiophene rings is 3. The fourth-order valence-electron chi connectivity index (χ4n) is 7.71. The SMILES string of the molecule is CC1(C)C2=C(c3sc(C=C4C(=O)c5cc(F)c(F)cc5C4=O)cc31)C(C)(C)c1c2sc2cc(C=C3C(=O)c4cc(F)c(F)cc4C3=O)sc12. The van der Waals surface area contributed by atoms with Gasteiger partial charge in [0.2, 0.25) is 0 Å². The van der Waals surface area contributed by atoms with Crippen molar-refractivity contribution in [3.8, 4) is 0 Å². The number of halogens is 4. The molecule has 11 heteroatoms. The average Bonchev–Trinajstić information content (AvgIpc) is 3.86. The Balaban J connectivity index is 1.10. The molecule has 5 aromatic rings. The van der Waals surface area contributed by atoms with E-state index in [9.17, 15) is 36.7 Å². The van der Waals surface area contributed by atoms with Crippen LogP contribution in [0, 0.1) is 23.3 Å². The minimum Gasteiger partial charge on any atom is -0.288 e. The monoisotopic (exact) mass is 712 g/mol. The Morgan fingerprint density at radius 1 is 0.531 bits per heavy atom. The summed E-state index contributed by atoms with van der Waals surface area (Å²) in [5.74, 6) is -7.27. The molecule has 9 rings (SSSR count). The van der Waals surface area contributed by atoms with E-state index in [-0.39, 0.29) is 33.4 Å². The van der Waals surface area contributed by atoms with E-state index in [4.69, 9.17) is 0 Å². The number of fused-ring (bicyclic) bond motifs is 8. The van der Waals surface area contributed by atoms with Gasteiger partial charge >= 0.3 is 0 Å². The van der Waals surface area contributed by atoms with Crippen molar-refractivity contribution in [3.05, 3.63) is 124 Å². The van der Waals surface area contributed by atoms with Gasteiger partial charge in [-0.2, -0.15) is 0 Å². The molecule has 0 bridgehead atoms. The van der Waals surface area contributed by atoms with E-state index in [0.29, 0.717) is 9.75 Å². The Hall–Kier alpha value is -4.58. The van der Waals surface area contributed by atoms with Crippen LogP contribution in [0.3, 0.4) is 0 Å². The van der Waals surface area contributed by atoms with Crippen molar-refractivity contribution >= 4 is 89.8 Å². The molecule has 3 heterocycles. The summed E-state index contributed by atoms with van der Waals surface area (Å²) in [5, 5.41) is 0. The van der Waals surface area contributed by atoms with Gasteiger partial charge in [-0.05, 0) is 70.8 Å². The summed E-state index contributed by atoms with van der Waals surface area (Å²) in [4.78, 5) is 55.8. The Bertz CT molecular complexity index is 2530. The average molecular weight is 713 g/mol. The fraction of sp³-hybridized carbons (Fsp3) is 0.158. The van der Waals surface area contributed by atoms with Crippen molar-refractivity contribution in [2.75, 3.05) is 0 Å². The minimum atomic E-state index is -1.18. The van der Waals surface area contributed by atoms with Crippen LogP contribution in [0.2, 0.25) is 0 Å².